The standard InChI is InChI=1S/C17H15ClN2O3S/c1-2-7-20-12-6-8-24-15(12)14(21)13(17(20)23)16(22)19-11-5-3-4-10(18)9-11/h3-6,8-9,21H,2,7H2,1H3,(H,19,22). The zero-order valence-electron chi connectivity index (χ0n) is 12.9. The monoisotopic (exact) mass is 362 g/mol. The molecule has 3 aromatic rings. The van der Waals surface area contributed by atoms with Crippen molar-refractivity contribution in [1.29, 1.82) is 0 Å². The van der Waals surface area contributed by atoms with Gasteiger partial charge in [0.25, 0.3) is 11.5 Å². The molecule has 2 N–H and O–H groups in total. The van der Waals surface area contributed by atoms with E-state index in [1.807, 2.05) is 6.92 Å². The third kappa shape index (κ3) is 2.90. The molecule has 0 radical (unpaired) electrons. The van der Waals surface area contributed by atoms with E-state index in [2.05, 4.69) is 5.32 Å². The molecule has 0 unspecified atom stereocenters. The number of halogens is 1. The number of aromatic nitrogens is 1. The van der Waals surface area contributed by atoms with Crippen molar-refractivity contribution in [3.63, 3.8) is 0 Å². The minimum atomic E-state index is -0.653. The fraction of sp³-hybridized carbons (Fsp3) is 0.176. The highest BCUT2D eigenvalue weighted by molar-refractivity contribution is 7.17. The van der Waals surface area contributed by atoms with E-state index in [1.165, 1.54) is 15.9 Å². The first-order valence-electron chi connectivity index (χ1n) is 7.42. The molecule has 124 valence electrons. The lowest BCUT2D eigenvalue weighted by atomic mass is 10.2. The van der Waals surface area contributed by atoms with Gasteiger partial charge in [0.1, 0.15) is 5.56 Å². The lowest BCUT2D eigenvalue weighted by Gasteiger charge is -2.12. The smallest absolute Gasteiger partial charge is 0.267 e. The summed E-state index contributed by atoms with van der Waals surface area (Å²) in [6.45, 7) is 2.42. The SMILES string of the molecule is CCCn1c(=O)c(C(=O)Nc2cccc(Cl)c2)c(O)c2sccc21. The lowest BCUT2D eigenvalue weighted by molar-refractivity contribution is 0.102. The molecule has 7 heteroatoms. The number of rotatable bonds is 4. The van der Waals surface area contributed by atoms with Gasteiger partial charge in [0.05, 0.1) is 10.2 Å². The molecule has 5 nitrogen and oxygen atoms in total. The second-order valence-corrected chi connectivity index (χ2v) is 6.63. The third-order valence-corrected chi connectivity index (χ3v) is 4.75. The molecule has 1 aromatic carbocycles. The third-order valence-electron chi connectivity index (χ3n) is 3.60. The number of aromatic hydroxyl groups is 1. The molecule has 2 heterocycles. The molecule has 0 aliphatic rings. The Bertz CT molecular complexity index is 978. The highest BCUT2D eigenvalue weighted by atomic mass is 35.5. The van der Waals surface area contributed by atoms with Crippen LogP contribution >= 0.6 is 22.9 Å². The predicted molar refractivity (Wildman–Crippen MR) is 97.4 cm³/mol. The number of amides is 1. The van der Waals surface area contributed by atoms with Crippen LogP contribution in [0.15, 0.2) is 40.5 Å². The summed E-state index contributed by atoms with van der Waals surface area (Å²) in [5.41, 5.74) is 0.349. The van der Waals surface area contributed by atoms with Crippen LogP contribution in [0.25, 0.3) is 10.2 Å². The fourth-order valence-electron chi connectivity index (χ4n) is 2.56. The van der Waals surface area contributed by atoms with Crippen molar-refractivity contribution >= 4 is 44.7 Å². The molecule has 0 atom stereocenters. The van der Waals surface area contributed by atoms with Crippen LogP contribution in [0.3, 0.4) is 0 Å². The summed E-state index contributed by atoms with van der Waals surface area (Å²) in [7, 11) is 0. The molecule has 3 rings (SSSR count). The van der Waals surface area contributed by atoms with Gasteiger partial charge in [0, 0.05) is 17.3 Å². The zero-order chi connectivity index (χ0) is 17.3. The zero-order valence-corrected chi connectivity index (χ0v) is 14.4. The van der Waals surface area contributed by atoms with Crippen molar-refractivity contribution in [3.05, 3.63) is 56.7 Å². The summed E-state index contributed by atoms with van der Waals surface area (Å²) in [5, 5.41) is 15.3. The van der Waals surface area contributed by atoms with Crippen LogP contribution in [0.2, 0.25) is 5.02 Å². The Morgan fingerprint density at radius 2 is 2.17 bits per heavy atom. The molecule has 0 aliphatic heterocycles. The molecule has 0 saturated heterocycles. The summed E-state index contributed by atoms with van der Waals surface area (Å²) in [4.78, 5) is 25.3. The van der Waals surface area contributed by atoms with E-state index < -0.39 is 11.5 Å². The van der Waals surface area contributed by atoms with Gasteiger partial charge in [-0.1, -0.05) is 24.6 Å². The summed E-state index contributed by atoms with van der Waals surface area (Å²) in [6, 6.07) is 8.38. The molecule has 1 amide bonds. The molecule has 0 bridgehead atoms. The van der Waals surface area contributed by atoms with Crippen LogP contribution in [-0.2, 0) is 6.54 Å². The van der Waals surface area contributed by atoms with Crippen molar-refractivity contribution in [2.75, 3.05) is 5.32 Å². The number of hydrogen-bond acceptors (Lipinski definition) is 4. The fourth-order valence-corrected chi connectivity index (χ4v) is 3.60. The van der Waals surface area contributed by atoms with Gasteiger partial charge >= 0.3 is 0 Å². The topological polar surface area (TPSA) is 71.3 Å². The maximum absolute atomic E-state index is 12.7. The van der Waals surface area contributed by atoms with Crippen LogP contribution in [-0.4, -0.2) is 15.6 Å². The number of carbonyl (C=O) groups excluding carboxylic acids is 1. The first-order valence-corrected chi connectivity index (χ1v) is 8.68. The van der Waals surface area contributed by atoms with Gasteiger partial charge in [0.2, 0.25) is 0 Å². The van der Waals surface area contributed by atoms with Gasteiger partial charge in [-0.15, -0.1) is 11.3 Å². The van der Waals surface area contributed by atoms with E-state index in [-0.39, 0.29) is 11.3 Å². The summed E-state index contributed by atoms with van der Waals surface area (Å²) >= 11 is 7.19. The number of pyridine rings is 1. The van der Waals surface area contributed by atoms with Crippen LogP contribution in [0.4, 0.5) is 5.69 Å². The Morgan fingerprint density at radius 3 is 2.88 bits per heavy atom. The van der Waals surface area contributed by atoms with Gasteiger partial charge in [-0.3, -0.25) is 9.59 Å². The number of fused-ring (bicyclic) bond motifs is 1. The van der Waals surface area contributed by atoms with E-state index >= 15 is 0 Å². The average Bonchev–Trinajstić information content (AvgIpc) is 3.01. The number of nitrogens with zero attached hydrogens (tertiary/aromatic N) is 1. The minimum Gasteiger partial charge on any atom is -0.505 e. The van der Waals surface area contributed by atoms with Crippen molar-refractivity contribution < 1.29 is 9.90 Å². The number of nitrogens with one attached hydrogen (secondary N) is 1. The van der Waals surface area contributed by atoms with Gasteiger partial charge in [-0.05, 0) is 36.1 Å². The number of aryl methyl sites for hydroxylation is 1. The minimum absolute atomic E-state index is 0.252. The summed E-state index contributed by atoms with van der Waals surface area (Å²) < 4.78 is 2.05. The molecular weight excluding hydrogens is 348 g/mol. The van der Waals surface area contributed by atoms with Crippen LogP contribution < -0.4 is 10.9 Å². The predicted octanol–water partition coefficient (Wildman–Crippen LogP) is 4.08. The molecule has 0 saturated carbocycles. The number of benzene rings is 1. The first kappa shape index (κ1) is 16.5. The number of carbonyl (C=O) groups is 1. The summed E-state index contributed by atoms with van der Waals surface area (Å²) in [6.07, 6.45) is 0.741. The van der Waals surface area contributed by atoms with E-state index in [0.29, 0.717) is 27.5 Å². The van der Waals surface area contributed by atoms with Crippen molar-refractivity contribution in [2.45, 2.75) is 19.9 Å². The van der Waals surface area contributed by atoms with E-state index in [4.69, 9.17) is 11.6 Å². The molecule has 24 heavy (non-hydrogen) atoms. The number of thiophene rings is 1. The number of hydrogen-bond donors (Lipinski definition) is 2. The molecule has 0 spiro atoms. The van der Waals surface area contributed by atoms with Gasteiger partial charge < -0.3 is 15.0 Å². The van der Waals surface area contributed by atoms with Gasteiger partial charge in [-0.2, -0.15) is 0 Å². The summed E-state index contributed by atoms with van der Waals surface area (Å²) in [5.74, 6) is -0.934. The maximum Gasteiger partial charge on any atom is 0.267 e. The lowest BCUT2D eigenvalue weighted by Crippen LogP contribution is -2.29. The quantitative estimate of drug-likeness (QED) is 0.734. The highest BCUT2D eigenvalue weighted by Crippen LogP contribution is 2.31. The molecule has 0 aliphatic carbocycles. The first-order chi connectivity index (χ1) is 11.5. The van der Waals surface area contributed by atoms with Crippen molar-refractivity contribution in [1.82, 2.24) is 4.57 Å². The molecule has 2 aromatic heterocycles. The average molecular weight is 363 g/mol. The number of anilines is 1. The van der Waals surface area contributed by atoms with Gasteiger partial charge in [0.15, 0.2) is 5.75 Å². The Kier molecular flexibility index (Phi) is 4.59. The van der Waals surface area contributed by atoms with Crippen LogP contribution in [0.1, 0.15) is 23.7 Å². The van der Waals surface area contributed by atoms with Gasteiger partial charge in [-0.25, -0.2) is 0 Å². The largest absolute Gasteiger partial charge is 0.505 e. The second-order valence-electron chi connectivity index (χ2n) is 5.28. The van der Waals surface area contributed by atoms with E-state index in [9.17, 15) is 14.7 Å². The van der Waals surface area contributed by atoms with Crippen LogP contribution in [0.5, 0.6) is 5.75 Å². The molecular formula is C17H15ClN2O3S. The van der Waals surface area contributed by atoms with E-state index in [0.717, 1.165) is 6.42 Å². The Morgan fingerprint density at radius 1 is 1.38 bits per heavy atom. The van der Waals surface area contributed by atoms with Crippen molar-refractivity contribution in [2.24, 2.45) is 0 Å². The molecule has 0 fully saturated rings. The Labute approximate surface area is 147 Å². The van der Waals surface area contributed by atoms with Crippen LogP contribution in [0, 0.1) is 0 Å². The second kappa shape index (κ2) is 6.67. The Balaban J connectivity index is 2.11. The van der Waals surface area contributed by atoms with E-state index in [1.54, 1.807) is 35.7 Å². The highest BCUT2D eigenvalue weighted by Gasteiger charge is 2.23. The normalized spacial score (nSPS) is 10.9. The van der Waals surface area contributed by atoms with Crippen molar-refractivity contribution in [3.8, 4) is 5.75 Å². The maximum atomic E-state index is 12.7. The Hall–Kier alpha value is -2.31.